The molecule has 0 aliphatic carbocycles. The van der Waals surface area contributed by atoms with E-state index in [9.17, 15) is 18.3 Å². The van der Waals surface area contributed by atoms with Gasteiger partial charge in [-0.25, -0.2) is 9.97 Å². The van der Waals surface area contributed by atoms with Gasteiger partial charge in [0.1, 0.15) is 16.5 Å². The van der Waals surface area contributed by atoms with E-state index in [4.69, 9.17) is 0 Å². The minimum Gasteiger partial charge on any atom is -0.391 e. The van der Waals surface area contributed by atoms with Crippen molar-refractivity contribution in [1.82, 2.24) is 9.97 Å². The highest BCUT2D eigenvalue weighted by Crippen LogP contribution is 2.40. The van der Waals surface area contributed by atoms with Crippen LogP contribution in [0.25, 0.3) is 10.2 Å². The summed E-state index contributed by atoms with van der Waals surface area (Å²) in [5, 5.41) is 13.1. The maximum atomic E-state index is 13.1. The molecule has 142 valence electrons. The van der Waals surface area contributed by atoms with E-state index >= 15 is 0 Å². The van der Waals surface area contributed by atoms with E-state index in [1.807, 2.05) is 23.3 Å². The second kappa shape index (κ2) is 6.76. The minimum atomic E-state index is -4.40. The second-order valence-corrected chi connectivity index (χ2v) is 7.53. The third kappa shape index (κ3) is 3.39. The summed E-state index contributed by atoms with van der Waals surface area (Å²) in [6, 6.07) is 6.88. The van der Waals surface area contributed by atoms with Gasteiger partial charge in [0.05, 0.1) is 23.1 Å². The molecule has 3 aromatic rings. The first-order valence-corrected chi connectivity index (χ1v) is 9.60. The van der Waals surface area contributed by atoms with E-state index in [0.717, 1.165) is 16.3 Å². The fourth-order valence-corrected chi connectivity index (χ4v) is 4.32. The quantitative estimate of drug-likeness (QED) is 0.707. The summed E-state index contributed by atoms with van der Waals surface area (Å²) < 4.78 is 39.4. The molecular weight excluding hydrogens is 375 g/mol. The lowest BCUT2D eigenvalue weighted by atomic mass is 10.0. The minimum absolute atomic E-state index is 0.325. The number of hydrogen-bond donors (Lipinski definition) is 1. The molecule has 1 fully saturated rings. The lowest BCUT2D eigenvalue weighted by Gasteiger charge is -2.27. The van der Waals surface area contributed by atoms with Gasteiger partial charge in [0, 0.05) is 13.0 Å². The van der Waals surface area contributed by atoms with E-state index in [1.165, 1.54) is 23.5 Å². The number of aliphatic hydroxyl groups excluding tert-OH is 1. The van der Waals surface area contributed by atoms with Gasteiger partial charge in [-0.3, -0.25) is 0 Å². The standard InChI is InChI=1S/C19H18F3N3OS/c1-2-16-23-17(14-6-7-27-18(14)24-16)25-10-13(26)9-15(25)11-4-3-5-12(8-11)19(20,21)22/h3-8,13,15,26H,2,9-10H2,1H3. The van der Waals surface area contributed by atoms with Crippen LogP contribution in [0.2, 0.25) is 0 Å². The highest BCUT2D eigenvalue weighted by molar-refractivity contribution is 7.16. The summed E-state index contributed by atoms with van der Waals surface area (Å²) >= 11 is 1.50. The highest BCUT2D eigenvalue weighted by Gasteiger charge is 2.36. The van der Waals surface area contributed by atoms with E-state index < -0.39 is 17.8 Å². The summed E-state index contributed by atoms with van der Waals surface area (Å²) in [5.74, 6) is 1.36. The van der Waals surface area contributed by atoms with Crippen LogP contribution in [0, 0.1) is 0 Å². The zero-order chi connectivity index (χ0) is 19.2. The van der Waals surface area contributed by atoms with Crippen molar-refractivity contribution < 1.29 is 18.3 Å². The highest BCUT2D eigenvalue weighted by atomic mass is 32.1. The normalized spacial score (nSPS) is 20.6. The van der Waals surface area contributed by atoms with E-state index in [0.29, 0.717) is 36.6 Å². The van der Waals surface area contributed by atoms with Crippen LogP contribution in [-0.2, 0) is 12.6 Å². The van der Waals surface area contributed by atoms with Crippen LogP contribution in [0.4, 0.5) is 19.0 Å². The molecule has 3 heterocycles. The Hall–Kier alpha value is -2.19. The first kappa shape index (κ1) is 18.2. The van der Waals surface area contributed by atoms with E-state index in [2.05, 4.69) is 9.97 Å². The van der Waals surface area contributed by atoms with Gasteiger partial charge in [-0.05, 0) is 35.6 Å². The molecule has 0 bridgehead atoms. The van der Waals surface area contributed by atoms with Gasteiger partial charge >= 0.3 is 6.18 Å². The number of benzene rings is 1. The molecule has 4 rings (SSSR count). The Morgan fingerprint density at radius 2 is 2.07 bits per heavy atom. The third-order valence-electron chi connectivity index (χ3n) is 4.82. The third-order valence-corrected chi connectivity index (χ3v) is 5.62. The Kier molecular flexibility index (Phi) is 4.55. The van der Waals surface area contributed by atoms with Gasteiger partial charge in [-0.15, -0.1) is 11.3 Å². The fraction of sp³-hybridized carbons (Fsp3) is 0.368. The van der Waals surface area contributed by atoms with Crippen LogP contribution < -0.4 is 4.90 Å². The number of aliphatic hydroxyl groups is 1. The Bertz CT molecular complexity index is 972. The van der Waals surface area contributed by atoms with Crippen molar-refractivity contribution in [2.75, 3.05) is 11.4 Å². The van der Waals surface area contributed by atoms with Gasteiger partial charge in [-0.2, -0.15) is 13.2 Å². The molecule has 8 heteroatoms. The number of aromatic nitrogens is 2. The summed E-state index contributed by atoms with van der Waals surface area (Å²) in [5.41, 5.74) is -0.152. The van der Waals surface area contributed by atoms with Gasteiger partial charge in [-0.1, -0.05) is 19.1 Å². The van der Waals surface area contributed by atoms with Gasteiger partial charge in [0.15, 0.2) is 0 Å². The number of alkyl halides is 3. The number of halogens is 3. The van der Waals surface area contributed by atoms with Crippen molar-refractivity contribution in [3.05, 3.63) is 52.7 Å². The number of hydrogen-bond acceptors (Lipinski definition) is 5. The lowest BCUT2D eigenvalue weighted by molar-refractivity contribution is -0.137. The molecule has 2 unspecified atom stereocenters. The van der Waals surface area contributed by atoms with E-state index in [1.54, 1.807) is 6.07 Å². The summed E-state index contributed by atoms with van der Waals surface area (Å²) in [6.45, 7) is 2.29. The van der Waals surface area contributed by atoms with Crippen molar-refractivity contribution in [3.8, 4) is 0 Å². The monoisotopic (exact) mass is 393 g/mol. The summed E-state index contributed by atoms with van der Waals surface area (Å²) in [6.07, 6.45) is -4.01. The van der Waals surface area contributed by atoms with E-state index in [-0.39, 0.29) is 6.04 Å². The predicted octanol–water partition coefficient (Wildman–Crippen LogP) is 4.58. The topological polar surface area (TPSA) is 49.2 Å². The molecule has 1 N–H and O–H groups in total. The molecule has 1 aliphatic rings. The molecule has 2 atom stereocenters. The molecule has 0 spiro atoms. The van der Waals surface area contributed by atoms with Crippen LogP contribution in [0.15, 0.2) is 35.7 Å². The van der Waals surface area contributed by atoms with Gasteiger partial charge in [0.25, 0.3) is 0 Å². The molecule has 4 nitrogen and oxygen atoms in total. The SMILES string of the molecule is CCc1nc(N2CC(O)CC2c2cccc(C(F)(F)F)c2)c2ccsc2n1. The summed E-state index contributed by atoms with van der Waals surface area (Å²) in [7, 11) is 0. The molecular formula is C19H18F3N3OS. The first-order valence-electron chi connectivity index (χ1n) is 8.72. The summed E-state index contributed by atoms with van der Waals surface area (Å²) in [4.78, 5) is 11.9. The molecule has 0 saturated carbocycles. The van der Waals surface area contributed by atoms with Gasteiger partial charge in [0.2, 0.25) is 0 Å². The number of aryl methyl sites for hydroxylation is 1. The number of rotatable bonds is 3. The number of thiophene rings is 1. The van der Waals surface area contributed by atoms with Crippen LogP contribution in [0.3, 0.4) is 0 Å². The van der Waals surface area contributed by atoms with Crippen LogP contribution in [-0.4, -0.2) is 27.7 Å². The zero-order valence-electron chi connectivity index (χ0n) is 14.6. The molecule has 0 radical (unpaired) electrons. The van der Waals surface area contributed by atoms with Crippen molar-refractivity contribution >= 4 is 27.4 Å². The Balaban J connectivity index is 1.80. The Morgan fingerprint density at radius 1 is 1.26 bits per heavy atom. The smallest absolute Gasteiger partial charge is 0.391 e. The van der Waals surface area contributed by atoms with Crippen molar-refractivity contribution in [2.24, 2.45) is 0 Å². The largest absolute Gasteiger partial charge is 0.416 e. The van der Waals surface area contributed by atoms with Crippen molar-refractivity contribution in [1.29, 1.82) is 0 Å². The molecule has 27 heavy (non-hydrogen) atoms. The Labute approximate surface area is 158 Å². The fourth-order valence-electron chi connectivity index (χ4n) is 3.55. The number of fused-ring (bicyclic) bond motifs is 1. The predicted molar refractivity (Wildman–Crippen MR) is 98.9 cm³/mol. The van der Waals surface area contributed by atoms with Gasteiger partial charge < -0.3 is 10.0 Å². The van der Waals surface area contributed by atoms with Crippen LogP contribution in [0.1, 0.15) is 36.3 Å². The molecule has 1 saturated heterocycles. The maximum absolute atomic E-state index is 13.1. The maximum Gasteiger partial charge on any atom is 0.416 e. The van der Waals surface area contributed by atoms with Crippen molar-refractivity contribution in [2.45, 2.75) is 38.1 Å². The molecule has 1 aliphatic heterocycles. The average molecular weight is 393 g/mol. The Morgan fingerprint density at radius 3 is 2.81 bits per heavy atom. The first-order chi connectivity index (χ1) is 12.9. The van der Waals surface area contributed by atoms with Crippen LogP contribution in [0.5, 0.6) is 0 Å². The number of β-amino-alcohol motifs (C(OH)–C–C–N with tert-alkyl or cyclic N) is 1. The lowest BCUT2D eigenvalue weighted by Crippen LogP contribution is -2.26. The molecule has 2 aromatic heterocycles. The zero-order valence-corrected chi connectivity index (χ0v) is 15.4. The van der Waals surface area contributed by atoms with Crippen LogP contribution >= 0.6 is 11.3 Å². The number of nitrogens with zero attached hydrogens (tertiary/aromatic N) is 3. The molecule has 1 aromatic carbocycles. The number of anilines is 1. The van der Waals surface area contributed by atoms with Crippen molar-refractivity contribution in [3.63, 3.8) is 0 Å². The second-order valence-electron chi connectivity index (χ2n) is 6.64. The molecule has 0 amide bonds. The average Bonchev–Trinajstić information content (AvgIpc) is 3.26.